The molecule has 0 aromatic rings. The minimum Gasteiger partial charge on any atom is -0.348 e. The fraction of sp³-hybridized carbons (Fsp3) is 0.909. The number of halogens is 1. The van der Waals surface area contributed by atoms with Crippen molar-refractivity contribution < 1.29 is 13.2 Å². The van der Waals surface area contributed by atoms with Crippen molar-refractivity contribution in [2.24, 2.45) is 0 Å². The van der Waals surface area contributed by atoms with Gasteiger partial charge in [0.1, 0.15) is 0 Å². The standard InChI is InChI=1S/C11H23N3O3S.ClH/c1-8-9(2)14(7-6-12-8)18(16,17)10(3)11(15)13(4)5;/h8-10,12H,6-7H2,1-5H3;1H. The van der Waals surface area contributed by atoms with Gasteiger partial charge in [0.05, 0.1) is 0 Å². The lowest BCUT2D eigenvalue weighted by Crippen LogP contribution is -2.59. The summed E-state index contributed by atoms with van der Waals surface area (Å²) in [5.41, 5.74) is 0. The third-order valence-corrected chi connectivity index (χ3v) is 5.80. The van der Waals surface area contributed by atoms with Crippen molar-refractivity contribution in [3.63, 3.8) is 0 Å². The Kier molecular flexibility index (Phi) is 6.74. The Morgan fingerprint density at radius 1 is 1.37 bits per heavy atom. The van der Waals surface area contributed by atoms with E-state index in [0.29, 0.717) is 13.1 Å². The predicted molar refractivity (Wildman–Crippen MR) is 78.0 cm³/mol. The van der Waals surface area contributed by atoms with Gasteiger partial charge in [-0.3, -0.25) is 4.79 Å². The average Bonchev–Trinajstić information content (AvgIpc) is 2.30. The second kappa shape index (κ2) is 6.88. The predicted octanol–water partition coefficient (Wildman–Crippen LogP) is -0.103. The van der Waals surface area contributed by atoms with Gasteiger partial charge in [0.15, 0.2) is 5.25 Å². The van der Waals surface area contributed by atoms with E-state index in [2.05, 4.69) is 5.32 Å². The van der Waals surface area contributed by atoms with E-state index in [1.807, 2.05) is 13.8 Å². The maximum absolute atomic E-state index is 12.4. The van der Waals surface area contributed by atoms with Crippen molar-refractivity contribution in [3.05, 3.63) is 0 Å². The lowest BCUT2D eigenvalue weighted by Gasteiger charge is -2.38. The van der Waals surface area contributed by atoms with Gasteiger partial charge in [-0.1, -0.05) is 0 Å². The number of amides is 1. The van der Waals surface area contributed by atoms with Gasteiger partial charge in [0.25, 0.3) is 0 Å². The van der Waals surface area contributed by atoms with Crippen molar-refractivity contribution in [1.29, 1.82) is 0 Å². The average molecular weight is 314 g/mol. The van der Waals surface area contributed by atoms with Crippen LogP contribution in [0.1, 0.15) is 20.8 Å². The van der Waals surface area contributed by atoms with Crippen molar-refractivity contribution in [3.8, 4) is 0 Å². The van der Waals surface area contributed by atoms with Crippen LogP contribution in [0.3, 0.4) is 0 Å². The summed E-state index contributed by atoms with van der Waals surface area (Å²) >= 11 is 0. The molecule has 3 atom stereocenters. The largest absolute Gasteiger partial charge is 0.348 e. The Bertz CT molecular complexity index is 413. The highest BCUT2D eigenvalue weighted by Gasteiger charge is 2.39. The minimum atomic E-state index is -3.59. The fourth-order valence-electron chi connectivity index (χ4n) is 2.08. The van der Waals surface area contributed by atoms with Crippen LogP contribution < -0.4 is 5.32 Å². The molecule has 1 saturated heterocycles. The van der Waals surface area contributed by atoms with Crippen LogP contribution in [0.15, 0.2) is 0 Å². The van der Waals surface area contributed by atoms with Crippen molar-refractivity contribution >= 4 is 28.3 Å². The van der Waals surface area contributed by atoms with Gasteiger partial charge in [0, 0.05) is 39.3 Å². The highest BCUT2D eigenvalue weighted by molar-refractivity contribution is 7.90. The van der Waals surface area contributed by atoms with Gasteiger partial charge in [-0.15, -0.1) is 12.4 Å². The molecule has 0 radical (unpaired) electrons. The zero-order valence-corrected chi connectivity index (χ0v) is 13.7. The van der Waals surface area contributed by atoms with Gasteiger partial charge in [0.2, 0.25) is 15.9 Å². The van der Waals surface area contributed by atoms with Gasteiger partial charge >= 0.3 is 0 Å². The van der Waals surface area contributed by atoms with Gasteiger partial charge in [-0.2, -0.15) is 4.31 Å². The second-order valence-corrected chi connectivity index (χ2v) is 7.22. The summed E-state index contributed by atoms with van der Waals surface area (Å²) in [6.45, 7) is 6.30. The third kappa shape index (κ3) is 3.81. The van der Waals surface area contributed by atoms with E-state index >= 15 is 0 Å². The van der Waals surface area contributed by atoms with E-state index in [4.69, 9.17) is 0 Å². The van der Waals surface area contributed by atoms with E-state index in [-0.39, 0.29) is 30.4 Å². The fourth-order valence-corrected chi connectivity index (χ4v) is 3.94. The van der Waals surface area contributed by atoms with Crippen LogP contribution in [-0.2, 0) is 14.8 Å². The second-order valence-electron chi connectivity index (χ2n) is 5.01. The summed E-state index contributed by atoms with van der Waals surface area (Å²) in [7, 11) is -0.451. The van der Waals surface area contributed by atoms with Gasteiger partial charge < -0.3 is 10.2 Å². The maximum atomic E-state index is 12.4. The molecular weight excluding hydrogens is 290 g/mol. The Morgan fingerprint density at radius 2 is 1.89 bits per heavy atom. The number of sulfonamides is 1. The molecule has 1 aliphatic rings. The first-order valence-corrected chi connectivity index (χ1v) is 7.65. The summed E-state index contributed by atoms with van der Waals surface area (Å²) in [6, 6.07) is -0.0451. The number of nitrogens with zero attached hydrogens (tertiary/aromatic N) is 2. The highest BCUT2D eigenvalue weighted by Crippen LogP contribution is 2.18. The van der Waals surface area contributed by atoms with Crippen molar-refractivity contribution in [1.82, 2.24) is 14.5 Å². The number of nitrogens with one attached hydrogen (secondary N) is 1. The molecule has 1 amide bonds. The molecule has 1 N–H and O–H groups in total. The van der Waals surface area contributed by atoms with Crippen LogP contribution in [0.5, 0.6) is 0 Å². The Hall–Kier alpha value is -0.370. The molecule has 114 valence electrons. The highest BCUT2D eigenvalue weighted by atomic mass is 35.5. The summed E-state index contributed by atoms with van der Waals surface area (Å²) in [5, 5.41) is 2.20. The third-order valence-electron chi connectivity index (χ3n) is 3.54. The Labute approximate surface area is 122 Å². The quantitative estimate of drug-likeness (QED) is 0.790. The summed E-state index contributed by atoms with van der Waals surface area (Å²) in [4.78, 5) is 13.1. The molecule has 19 heavy (non-hydrogen) atoms. The maximum Gasteiger partial charge on any atom is 0.241 e. The first-order valence-electron chi connectivity index (χ1n) is 6.14. The van der Waals surface area contributed by atoms with E-state index in [0.717, 1.165) is 0 Å². The number of hydrogen-bond acceptors (Lipinski definition) is 4. The molecule has 0 aromatic carbocycles. The molecule has 0 bridgehead atoms. The van der Waals surface area contributed by atoms with E-state index in [1.54, 1.807) is 14.1 Å². The molecule has 0 spiro atoms. The smallest absolute Gasteiger partial charge is 0.241 e. The first kappa shape index (κ1) is 18.6. The number of carbonyl (C=O) groups excluding carboxylic acids is 1. The Morgan fingerprint density at radius 3 is 2.37 bits per heavy atom. The molecule has 8 heteroatoms. The van der Waals surface area contributed by atoms with Crippen LogP contribution in [0.4, 0.5) is 0 Å². The molecule has 1 aliphatic heterocycles. The van der Waals surface area contributed by atoms with Gasteiger partial charge in [-0.05, 0) is 20.8 Å². The van der Waals surface area contributed by atoms with Crippen LogP contribution in [0.25, 0.3) is 0 Å². The number of hydrogen-bond donors (Lipinski definition) is 1. The molecule has 0 aliphatic carbocycles. The number of rotatable bonds is 3. The van der Waals surface area contributed by atoms with Crippen LogP contribution in [-0.4, -0.2) is 68.0 Å². The van der Waals surface area contributed by atoms with E-state index in [1.165, 1.54) is 16.1 Å². The molecule has 1 fully saturated rings. The topological polar surface area (TPSA) is 69.7 Å². The molecule has 3 unspecified atom stereocenters. The normalized spacial score (nSPS) is 26.4. The van der Waals surface area contributed by atoms with Gasteiger partial charge in [-0.25, -0.2) is 8.42 Å². The van der Waals surface area contributed by atoms with Crippen LogP contribution in [0, 0.1) is 0 Å². The molecule has 1 rings (SSSR count). The van der Waals surface area contributed by atoms with Crippen LogP contribution >= 0.6 is 12.4 Å². The molecule has 1 heterocycles. The zero-order valence-electron chi connectivity index (χ0n) is 12.1. The SMILES string of the molecule is CC1NCCN(S(=O)(=O)C(C)C(=O)N(C)C)C1C.Cl. The first-order chi connectivity index (χ1) is 8.19. The molecule has 0 aromatic heterocycles. The Balaban J connectivity index is 0.00000324. The van der Waals surface area contributed by atoms with Crippen molar-refractivity contribution in [2.75, 3.05) is 27.2 Å². The minimum absolute atomic E-state index is 0. The van der Waals surface area contributed by atoms with E-state index < -0.39 is 15.3 Å². The van der Waals surface area contributed by atoms with Crippen molar-refractivity contribution in [2.45, 2.75) is 38.1 Å². The number of piperazine rings is 1. The molecule has 6 nitrogen and oxygen atoms in total. The van der Waals surface area contributed by atoms with E-state index in [9.17, 15) is 13.2 Å². The van der Waals surface area contributed by atoms with Crippen LogP contribution in [0.2, 0.25) is 0 Å². The number of carbonyl (C=O) groups is 1. The summed E-state index contributed by atoms with van der Waals surface area (Å²) in [5.74, 6) is -0.381. The lowest BCUT2D eigenvalue weighted by molar-refractivity contribution is -0.128. The summed E-state index contributed by atoms with van der Waals surface area (Å²) < 4.78 is 26.3. The zero-order chi connectivity index (χ0) is 14.1. The molecular formula is C11H24ClN3O3S. The molecule has 0 saturated carbocycles. The monoisotopic (exact) mass is 313 g/mol. The summed E-state index contributed by atoms with van der Waals surface area (Å²) in [6.07, 6.45) is 0. The lowest BCUT2D eigenvalue weighted by atomic mass is 10.1.